The van der Waals surface area contributed by atoms with E-state index in [4.69, 9.17) is 12.2 Å². The molecule has 0 radical (unpaired) electrons. The van der Waals surface area contributed by atoms with Gasteiger partial charge in [-0.3, -0.25) is 4.57 Å². The van der Waals surface area contributed by atoms with Crippen LogP contribution < -0.4 is 5.32 Å². The Bertz CT molecular complexity index is 576. The van der Waals surface area contributed by atoms with Crippen LogP contribution in [0.2, 0.25) is 0 Å². The molecule has 3 nitrogen and oxygen atoms in total. The van der Waals surface area contributed by atoms with Crippen LogP contribution in [0.1, 0.15) is 18.3 Å². The molecule has 0 bridgehead atoms. The maximum absolute atomic E-state index is 5.39. The van der Waals surface area contributed by atoms with E-state index >= 15 is 0 Å². The van der Waals surface area contributed by atoms with Gasteiger partial charge in [-0.1, -0.05) is 12.1 Å². The van der Waals surface area contributed by atoms with Gasteiger partial charge in [0.25, 0.3) is 0 Å². The molecular weight excluding hydrogens is 250 g/mol. The van der Waals surface area contributed by atoms with Crippen LogP contribution in [0.5, 0.6) is 0 Å². The van der Waals surface area contributed by atoms with Crippen molar-refractivity contribution >= 4 is 40.1 Å². The highest BCUT2D eigenvalue weighted by atomic mass is 32.2. The molecule has 1 aromatic heterocycles. The quantitative estimate of drug-likeness (QED) is 0.862. The molecule has 2 aromatic rings. The number of nitrogens with zero attached hydrogens (tertiary/aromatic N) is 2. The Hall–Kier alpha value is -1.07. The Balaban J connectivity index is 2.07. The first kappa shape index (κ1) is 11.0. The summed E-state index contributed by atoms with van der Waals surface area (Å²) in [5, 5.41) is 4.12. The molecular formula is C12H13N3S2. The van der Waals surface area contributed by atoms with E-state index in [0.29, 0.717) is 0 Å². The zero-order valence-electron chi connectivity index (χ0n) is 9.51. The Morgan fingerprint density at radius 2 is 2.29 bits per heavy atom. The van der Waals surface area contributed by atoms with Crippen molar-refractivity contribution in [3.8, 4) is 0 Å². The van der Waals surface area contributed by atoms with E-state index in [1.54, 1.807) is 0 Å². The Morgan fingerprint density at radius 1 is 1.47 bits per heavy atom. The van der Waals surface area contributed by atoms with Gasteiger partial charge in [0.15, 0.2) is 5.11 Å². The third-order valence-corrected chi connectivity index (χ3v) is 3.95. The third kappa shape index (κ3) is 1.73. The summed E-state index contributed by atoms with van der Waals surface area (Å²) in [4.78, 5) is 4.68. The smallest absolute Gasteiger partial charge is 0.179 e. The van der Waals surface area contributed by atoms with Crippen molar-refractivity contribution < 1.29 is 0 Å². The number of benzene rings is 1. The van der Waals surface area contributed by atoms with Crippen LogP contribution in [0.15, 0.2) is 24.3 Å². The van der Waals surface area contributed by atoms with Crippen molar-refractivity contribution in [3.05, 3.63) is 30.1 Å². The van der Waals surface area contributed by atoms with E-state index in [2.05, 4.69) is 27.2 Å². The van der Waals surface area contributed by atoms with E-state index in [1.807, 2.05) is 30.0 Å². The fraction of sp³-hybridized carbons (Fsp3) is 0.333. The van der Waals surface area contributed by atoms with Crippen molar-refractivity contribution in [1.29, 1.82) is 0 Å². The van der Waals surface area contributed by atoms with Gasteiger partial charge in [0.2, 0.25) is 0 Å². The number of fused-ring (bicyclic) bond motifs is 3. The molecule has 3 rings (SSSR count). The number of imidazole rings is 1. The average Bonchev–Trinajstić information content (AvgIpc) is 2.85. The van der Waals surface area contributed by atoms with Gasteiger partial charge in [0.1, 0.15) is 5.82 Å². The molecule has 2 heterocycles. The monoisotopic (exact) mass is 263 g/mol. The lowest BCUT2D eigenvalue weighted by molar-refractivity contribution is 0.635. The van der Waals surface area contributed by atoms with Gasteiger partial charge >= 0.3 is 0 Å². The van der Waals surface area contributed by atoms with E-state index < -0.39 is 0 Å². The minimum atomic E-state index is 0.266. The highest BCUT2D eigenvalue weighted by Crippen LogP contribution is 2.28. The number of nitrogens with one attached hydrogen (secondary N) is 1. The lowest BCUT2D eigenvalue weighted by Gasteiger charge is -2.07. The molecule has 0 saturated heterocycles. The summed E-state index contributed by atoms with van der Waals surface area (Å²) in [7, 11) is 0. The Kier molecular flexibility index (Phi) is 2.80. The van der Waals surface area contributed by atoms with E-state index in [1.165, 1.54) is 0 Å². The number of hydrogen-bond donors (Lipinski definition) is 1. The normalized spacial score (nSPS) is 18.4. The maximum atomic E-state index is 5.39. The number of rotatable bonds is 3. The summed E-state index contributed by atoms with van der Waals surface area (Å²) < 4.78 is 2.07. The van der Waals surface area contributed by atoms with E-state index in [0.717, 1.165) is 34.1 Å². The molecule has 0 unspecified atom stereocenters. The molecule has 0 spiro atoms. The van der Waals surface area contributed by atoms with E-state index in [9.17, 15) is 0 Å². The molecule has 1 aliphatic heterocycles. The summed E-state index contributed by atoms with van der Waals surface area (Å²) in [5.41, 5.74) is 2.13. The van der Waals surface area contributed by atoms with Crippen molar-refractivity contribution in [2.45, 2.75) is 12.5 Å². The van der Waals surface area contributed by atoms with Crippen molar-refractivity contribution in [2.75, 3.05) is 12.0 Å². The number of thiocarbonyl (C=S) groups is 1. The molecule has 0 saturated carbocycles. The lowest BCUT2D eigenvalue weighted by Crippen LogP contribution is -2.21. The summed E-state index contributed by atoms with van der Waals surface area (Å²) in [6, 6.07) is 8.40. The van der Waals surface area contributed by atoms with Gasteiger partial charge in [0.05, 0.1) is 17.1 Å². The van der Waals surface area contributed by atoms with Crippen LogP contribution in [0.4, 0.5) is 0 Å². The van der Waals surface area contributed by atoms with E-state index in [-0.39, 0.29) is 6.04 Å². The molecule has 0 fully saturated rings. The van der Waals surface area contributed by atoms with Crippen molar-refractivity contribution in [1.82, 2.24) is 14.9 Å². The van der Waals surface area contributed by atoms with Crippen LogP contribution in [0, 0.1) is 0 Å². The number of thioether (sulfide) groups is 1. The second-order valence-electron chi connectivity index (χ2n) is 4.08. The third-order valence-electron chi connectivity index (χ3n) is 3.01. The molecule has 1 aromatic carbocycles. The van der Waals surface area contributed by atoms with Gasteiger partial charge in [-0.25, -0.2) is 4.98 Å². The fourth-order valence-electron chi connectivity index (χ4n) is 2.21. The minimum Gasteiger partial charge on any atom is -0.352 e. The number of hydrogen-bond acceptors (Lipinski definition) is 3. The maximum Gasteiger partial charge on any atom is 0.179 e. The minimum absolute atomic E-state index is 0.266. The van der Waals surface area contributed by atoms with Crippen molar-refractivity contribution in [2.24, 2.45) is 0 Å². The zero-order chi connectivity index (χ0) is 11.8. The first-order valence-electron chi connectivity index (χ1n) is 5.58. The first-order chi connectivity index (χ1) is 8.31. The average molecular weight is 263 g/mol. The molecule has 0 aliphatic carbocycles. The molecule has 1 aliphatic rings. The standard InChI is InChI=1S/C12H13N3S2/c1-17-7-6-9-11-13-8-4-2-3-5-10(8)15(11)12(16)14-9/h2-5,9H,6-7H2,1H3,(H,14,16)/t9-/m0/s1. The second-order valence-corrected chi connectivity index (χ2v) is 5.45. The second kappa shape index (κ2) is 4.31. The highest BCUT2D eigenvalue weighted by molar-refractivity contribution is 7.98. The van der Waals surface area contributed by atoms with Crippen LogP contribution in [-0.4, -0.2) is 26.7 Å². The van der Waals surface area contributed by atoms with Crippen LogP contribution >= 0.6 is 24.0 Å². The van der Waals surface area contributed by atoms with Crippen LogP contribution in [0.25, 0.3) is 11.0 Å². The summed E-state index contributed by atoms with van der Waals surface area (Å²) in [5.74, 6) is 2.17. The fourth-order valence-corrected chi connectivity index (χ4v) is 3.01. The van der Waals surface area contributed by atoms with Crippen LogP contribution in [0.3, 0.4) is 0 Å². The zero-order valence-corrected chi connectivity index (χ0v) is 11.1. The largest absolute Gasteiger partial charge is 0.352 e. The SMILES string of the molecule is CSCC[C@@H]1NC(=S)n2c1nc1ccccc12. The van der Waals surface area contributed by atoms with Gasteiger partial charge in [0, 0.05) is 0 Å². The predicted octanol–water partition coefficient (Wildman–Crippen LogP) is 2.57. The Labute approximate surface area is 110 Å². The molecule has 1 atom stereocenters. The van der Waals surface area contributed by atoms with Gasteiger partial charge in [-0.2, -0.15) is 11.8 Å². The molecule has 1 N–H and O–H groups in total. The van der Waals surface area contributed by atoms with Crippen LogP contribution in [-0.2, 0) is 0 Å². The van der Waals surface area contributed by atoms with Crippen molar-refractivity contribution in [3.63, 3.8) is 0 Å². The summed E-state index contributed by atoms with van der Waals surface area (Å²) in [6.07, 6.45) is 3.18. The topological polar surface area (TPSA) is 29.9 Å². The molecule has 17 heavy (non-hydrogen) atoms. The van der Waals surface area contributed by atoms with Gasteiger partial charge in [-0.15, -0.1) is 0 Å². The number of aromatic nitrogens is 2. The number of para-hydroxylation sites is 2. The highest BCUT2D eigenvalue weighted by Gasteiger charge is 2.28. The lowest BCUT2D eigenvalue weighted by atomic mass is 10.2. The predicted molar refractivity (Wildman–Crippen MR) is 76.6 cm³/mol. The van der Waals surface area contributed by atoms with Gasteiger partial charge in [-0.05, 0) is 42.8 Å². The molecule has 5 heteroatoms. The van der Waals surface area contributed by atoms with Gasteiger partial charge < -0.3 is 5.32 Å². The Morgan fingerprint density at radius 3 is 3.12 bits per heavy atom. The first-order valence-corrected chi connectivity index (χ1v) is 7.38. The summed E-state index contributed by atoms with van der Waals surface area (Å²) in [6.45, 7) is 0. The molecule has 88 valence electrons. The summed E-state index contributed by atoms with van der Waals surface area (Å²) >= 11 is 7.24. The molecule has 0 amide bonds.